The Morgan fingerprint density at radius 3 is 2.88 bits per heavy atom. The molecule has 3 heterocycles. The maximum absolute atomic E-state index is 11.3. The van der Waals surface area contributed by atoms with E-state index in [9.17, 15) is 4.79 Å². The number of fused-ring (bicyclic) bond motifs is 1. The fourth-order valence-electron chi connectivity index (χ4n) is 2.57. The maximum Gasteiger partial charge on any atom is 0.234 e. The van der Waals surface area contributed by atoms with E-state index in [4.69, 9.17) is 0 Å². The van der Waals surface area contributed by atoms with Crippen molar-refractivity contribution in [2.45, 2.75) is 18.5 Å². The first kappa shape index (κ1) is 15.6. The molecule has 126 valence electrons. The van der Waals surface area contributed by atoms with Crippen LogP contribution in [0.2, 0.25) is 0 Å². The molecule has 0 radical (unpaired) electrons. The largest absolute Gasteiger partial charge is 0.350 e. The number of nitrogens with one attached hydrogen (secondary N) is 2. The third-order valence-corrected chi connectivity index (χ3v) is 4.85. The Hall–Kier alpha value is -2.87. The molecule has 1 aliphatic rings. The van der Waals surface area contributed by atoms with Crippen LogP contribution in [0, 0.1) is 6.92 Å². The summed E-state index contributed by atoms with van der Waals surface area (Å²) < 4.78 is 2.04. The van der Waals surface area contributed by atoms with Gasteiger partial charge in [-0.2, -0.15) is 0 Å². The topological polar surface area (TPSA) is 84.7 Å². The van der Waals surface area contributed by atoms with Crippen LogP contribution in [0.15, 0.2) is 47.9 Å². The number of rotatable bonds is 4. The lowest BCUT2D eigenvalue weighted by Gasteiger charge is -2.15. The number of aromatic nitrogens is 4. The highest BCUT2D eigenvalue weighted by atomic mass is 32.2. The van der Waals surface area contributed by atoms with Gasteiger partial charge in [-0.15, -0.1) is 0 Å². The Morgan fingerprint density at radius 2 is 2.12 bits per heavy atom. The van der Waals surface area contributed by atoms with Crippen molar-refractivity contribution in [3.63, 3.8) is 0 Å². The zero-order valence-electron chi connectivity index (χ0n) is 13.6. The van der Waals surface area contributed by atoms with Crippen molar-refractivity contribution in [3.05, 3.63) is 54.2 Å². The Labute approximate surface area is 148 Å². The molecule has 0 saturated heterocycles. The number of imidazole rings is 1. The molecule has 1 aliphatic heterocycles. The molecule has 0 aliphatic carbocycles. The highest BCUT2D eigenvalue weighted by Gasteiger charge is 2.17. The van der Waals surface area contributed by atoms with E-state index in [-0.39, 0.29) is 5.91 Å². The molecule has 1 amide bonds. The van der Waals surface area contributed by atoms with Crippen LogP contribution in [-0.2, 0) is 11.3 Å². The van der Waals surface area contributed by atoms with Gasteiger partial charge < -0.3 is 15.2 Å². The van der Waals surface area contributed by atoms with Crippen LogP contribution in [0.3, 0.4) is 0 Å². The number of aryl methyl sites for hydroxylation is 1. The maximum atomic E-state index is 11.3. The van der Waals surface area contributed by atoms with Gasteiger partial charge in [0.15, 0.2) is 0 Å². The average Bonchev–Trinajstić information content (AvgIpc) is 3.06. The second-order valence-corrected chi connectivity index (χ2v) is 6.58. The highest BCUT2D eigenvalue weighted by molar-refractivity contribution is 8.00. The molecule has 0 atom stereocenters. The lowest BCUT2D eigenvalue weighted by Crippen LogP contribution is -2.20. The molecule has 0 spiro atoms. The van der Waals surface area contributed by atoms with E-state index >= 15 is 0 Å². The molecule has 2 aromatic heterocycles. The van der Waals surface area contributed by atoms with Gasteiger partial charge in [-0.1, -0.05) is 23.9 Å². The number of thioether (sulfide) groups is 1. The summed E-state index contributed by atoms with van der Waals surface area (Å²) in [5, 5.41) is 6.78. The number of carbonyl (C=O) groups is 1. The summed E-state index contributed by atoms with van der Waals surface area (Å²) in [5.74, 6) is 1.88. The van der Waals surface area contributed by atoms with Gasteiger partial charge in [0.2, 0.25) is 11.9 Å². The van der Waals surface area contributed by atoms with E-state index in [2.05, 4.69) is 49.9 Å². The average molecular weight is 352 g/mol. The molecule has 0 unspecified atom stereocenters. The summed E-state index contributed by atoms with van der Waals surface area (Å²) in [4.78, 5) is 24.3. The van der Waals surface area contributed by atoms with E-state index in [1.165, 1.54) is 11.8 Å². The van der Waals surface area contributed by atoms with Crippen molar-refractivity contribution in [2.24, 2.45) is 0 Å². The van der Waals surface area contributed by atoms with E-state index < -0.39 is 0 Å². The Balaban J connectivity index is 1.43. The quantitative estimate of drug-likeness (QED) is 0.702. The van der Waals surface area contributed by atoms with Crippen LogP contribution >= 0.6 is 11.8 Å². The normalized spacial score (nSPS) is 13.2. The summed E-state index contributed by atoms with van der Waals surface area (Å²) in [6.45, 7) is 2.60. The number of amides is 1. The van der Waals surface area contributed by atoms with Gasteiger partial charge in [0.1, 0.15) is 10.9 Å². The number of hydrogen-bond acceptors (Lipinski definition) is 6. The lowest BCUT2D eigenvalue weighted by molar-refractivity contribution is -0.113. The molecule has 0 bridgehead atoms. The molecule has 25 heavy (non-hydrogen) atoms. The molecule has 8 heteroatoms. The minimum Gasteiger partial charge on any atom is -0.350 e. The monoisotopic (exact) mass is 352 g/mol. The van der Waals surface area contributed by atoms with Crippen LogP contribution in [0.1, 0.15) is 11.4 Å². The van der Waals surface area contributed by atoms with Crippen LogP contribution in [-0.4, -0.2) is 31.2 Å². The molecule has 1 aromatic carbocycles. The van der Waals surface area contributed by atoms with E-state index in [0.29, 0.717) is 23.9 Å². The van der Waals surface area contributed by atoms with Gasteiger partial charge in [0.05, 0.1) is 17.6 Å². The zero-order chi connectivity index (χ0) is 17.2. The second kappa shape index (κ2) is 6.56. The van der Waals surface area contributed by atoms with Crippen molar-refractivity contribution in [1.29, 1.82) is 0 Å². The van der Waals surface area contributed by atoms with Crippen molar-refractivity contribution >= 4 is 29.3 Å². The first-order chi connectivity index (χ1) is 12.2. The van der Waals surface area contributed by atoms with Gasteiger partial charge in [-0.3, -0.25) is 4.79 Å². The fraction of sp³-hybridized carbons (Fsp3) is 0.176. The summed E-state index contributed by atoms with van der Waals surface area (Å²) in [6.07, 6.45) is 5.37. The number of anilines is 2. The SMILES string of the molecule is Cc1nccn1-c1ccc(CNc2ncc3c(n2)SCC(=O)N3)cc1. The molecule has 2 N–H and O–H groups in total. The van der Waals surface area contributed by atoms with Gasteiger partial charge in [-0.25, -0.2) is 15.0 Å². The Morgan fingerprint density at radius 1 is 1.28 bits per heavy atom. The molecular formula is C17H16N6OS. The summed E-state index contributed by atoms with van der Waals surface area (Å²) in [5.41, 5.74) is 2.88. The van der Waals surface area contributed by atoms with E-state index in [1.807, 2.05) is 17.7 Å². The second-order valence-electron chi connectivity index (χ2n) is 5.61. The van der Waals surface area contributed by atoms with Crippen LogP contribution in [0.4, 0.5) is 11.6 Å². The standard InChI is InChI=1S/C17H16N6OS/c1-11-18-6-7-23(11)13-4-2-12(3-5-13)8-19-17-20-9-14-16(22-17)25-10-15(24)21-14/h2-7,9H,8,10H2,1H3,(H,21,24)(H,19,20,22). The third kappa shape index (κ3) is 3.34. The van der Waals surface area contributed by atoms with E-state index in [1.54, 1.807) is 12.4 Å². The highest BCUT2D eigenvalue weighted by Crippen LogP contribution is 2.29. The fourth-order valence-corrected chi connectivity index (χ4v) is 3.32. The number of benzene rings is 1. The third-order valence-electron chi connectivity index (χ3n) is 3.86. The lowest BCUT2D eigenvalue weighted by atomic mass is 10.2. The molecule has 4 rings (SSSR count). The van der Waals surface area contributed by atoms with Gasteiger partial charge in [0.25, 0.3) is 0 Å². The Bertz CT molecular complexity index is 921. The van der Waals surface area contributed by atoms with Gasteiger partial charge >= 0.3 is 0 Å². The first-order valence-electron chi connectivity index (χ1n) is 7.82. The number of nitrogens with zero attached hydrogens (tertiary/aromatic N) is 4. The molecule has 0 saturated carbocycles. The van der Waals surface area contributed by atoms with E-state index in [0.717, 1.165) is 22.1 Å². The molecule has 7 nitrogen and oxygen atoms in total. The zero-order valence-corrected chi connectivity index (χ0v) is 14.4. The van der Waals surface area contributed by atoms with Crippen LogP contribution in [0.25, 0.3) is 5.69 Å². The van der Waals surface area contributed by atoms with Crippen molar-refractivity contribution in [3.8, 4) is 5.69 Å². The van der Waals surface area contributed by atoms with Crippen molar-refractivity contribution in [2.75, 3.05) is 16.4 Å². The van der Waals surface area contributed by atoms with Gasteiger partial charge in [0, 0.05) is 24.6 Å². The van der Waals surface area contributed by atoms with Gasteiger partial charge in [-0.05, 0) is 24.6 Å². The molecule has 3 aromatic rings. The molecule has 0 fully saturated rings. The minimum absolute atomic E-state index is 0.0185. The summed E-state index contributed by atoms with van der Waals surface area (Å²) in [6, 6.07) is 8.25. The summed E-state index contributed by atoms with van der Waals surface area (Å²) >= 11 is 1.42. The number of hydrogen-bond donors (Lipinski definition) is 2. The Kier molecular flexibility index (Phi) is 4.10. The van der Waals surface area contributed by atoms with Crippen LogP contribution in [0.5, 0.6) is 0 Å². The van der Waals surface area contributed by atoms with Crippen molar-refractivity contribution < 1.29 is 4.79 Å². The smallest absolute Gasteiger partial charge is 0.234 e. The van der Waals surface area contributed by atoms with Crippen LogP contribution < -0.4 is 10.6 Å². The first-order valence-corrected chi connectivity index (χ1v) is 8.80. The van der Waals surface area contributed by atoms with Crippen molar-refractivity contribution in [1.82, 2.24) is 19.5 Å². The summed E-state index contributed by atoms with van der Waals surface area (Å²) in [7, 11) is 0. The molecular weight excluding hydrogens is 336 g/mol. The predicted molar refractivity (Wildman–Crippen MR) is 97.0 cm³/mol. The predicted octanol–water partition coefficient (Wildman–Crippen LogP) is 2.63. The minimum atomic E-state index is -0.0185. The number of carbonyl (C=O) groups excluding carboxylic acids is 1.